The standard InChI is InChI=1S/C21H24N2O2S/c24-20(14-19-6-3-13-26-19)22-10-8-17(9-11-22)21(25)23-12-7-16-4-1-2-5-18(16)15-23/h1-6,13,17H,7-12,14-15H2. The number of amides is 2. The molecule has 0 radical (unpaired) electrons. The van der Waals surface area contributed by atoms with Crippen molar-refractivity contribution in [2.24, 2.45) is 5.92 Å². The van der Waals surface area contributed by atoms with Crippen LogP contribution in [-0.4, -0.2) is 41.2 Å². The fraction of sp³-hybridized carbons (Fsp3) is 0.429. The van der Waals surface area contributed by atoms with Gasteiger partial charge in [-0.25, -0.2) is 0 Å². The quantitative estimate of drug-likeness (QED) is 0.835. The van der Waals surface area contributed by atoms with E-state index in [4.69, 9.17) is 0 Å². The smallest absolute Gasteiger partial charge is 0.227 e. The molecule has 0 unspecified atom stereocenters. The van der Waals surface area contributed by atoms with Crippen LogP contribution in [0.4, 0.5) is 0 Å². The van der Waals surface area contributed by atoms with E-state index in [0.717, 1.165) is 37.2 Å². The third kappa shape index (κ3) is 3.68. The lowest BCUT2D eigenvalue weighted by Crippen LogP contribution is -2.46. The summed E-state index contributed by atoms with van der Waals surface area (Å²) in [5.74, 6) is 0.515. The van der Waals surface area contributed by atoms with E-state index in [2.05, 4.69) is 18.2 Å². The van der Waals surface area contributed by atoms with Crippen molar-refractivity contribution in [3.63, 3.8) is 0 Å². The van der Waals surface area contributed by atoms with Crippen LogP contribution in [0.5, 0.6) is 0 Å². The van der Waals surface area contributed by atoms with Crippen LogP contribution < -0.4 is 0 Å². The Morgan fingerprint density at radius 1 is 0.962 bits per heavy atom. The first-order chi connectivity index (χ1) is 12.7. The number of hydrogen-bond acceptors (Lipinski definition) is 3. The fourth-order valence-corrected chi connectivity index (χ4v) is 4.69. The van der Waals surface area contributed by atoms with Gasteiger partial charge in [-0.15, -0.1) is 11.3 Å². The van der Waals surface area contributed by atoms with Gasteiger partial charge in [0.2, 0.25) is 11.8 Å². The Morgan fingerprint density at radius 2 is 1.73 bits per heavy atom. The maximum Gasteiger partial charge on any atom is 0.227 e. The van der Waals surface area contributed by atoms with Crippen LogP contribution in [0.1, 0.15) is 28.8 Å². The van der Waals surface area contributed by atoms with Crippen LogP contribution in [0, 0.1) is 5.92 Å². The van der Waals surface area contributed by atoms with Crippen LogP contribution in [0.3, 0.4) is 0 Å². The number of rotatable bonds is 3. The van der Waals surface area contributed by atoms with Gasteiger partial charge < -0.3 is 9.80 Å². The minimum absolute atomic E-state index is 0.0612. The van der Waals surface area contributed by atoms with Crippen molar-refractivity contribution >= 4 is 23.2 Å². The second-order valence-corrected chi connectivity index (χ2v) is 8.22. The number of likely N-dealkylation sites (tertiary alicyclic amines) is 1. The maximum absolute atomic E-state index is 12.9. The summed E-state index contributed by atoms with van der Waals surface area (Å²) >= 11 is 1.63. The van der Waals surface area contributed by atoms with Gasteiger partial charge in [0, 0.05) is 37.0 Å². The summed E-state index contributed by atoms with van der Waals surface area (Å²) < 4.78 is 0. The van der Waals surface area contributed by atoms with Gasteiger partial charge in [-0.2, -0.15) is 0 Å². The molecule has 0 saturated carbocycles. The van der Waals surface area contributed by atoms with Crippen LogP contribution in [0.25, 0.3) is 0 Å². The molecule has 1 saturated heterocycles. The summed E-state index contributed by atoms with van der Waals surface area (Å²) in [5.41, 5.74) is 2.64. The molecule has 26 heavy (non-hydrogen) atoms. The molecule has 4 nitrogen and oxygen atoms in total. The fourth-order valence-electron chi connectivity index (χ4n) is 3.99. The highest BCUT2D eigenvalue weighted by Gasteiger charge is 2.31. The van der Waals surface area contributed by atoms with Gasteiger partial charge in [0.1, 0.15) is 0 Å². The minimum Gasteiger partial charge on any atom is -0.342 e. The van der Waals surface area contributed by atoms with Gasteiger partial charge in [-0.05, 0) is 41.8 Å². The van der Waals surface area contributed by atoms with E-state index in [1.165, 1.54) is 11.1 Å². The van der Waals surface area contributed by atoms with E-state index in [1.54, 1.807) is 11.3 Å². The highest BCUT2D eigenvalue weighted by molar-refractivity contribution is 7.10. The molecular formula is C21H24N2O2S. The van der Waals surface area contributed by atoms with Crippen LogP contribution >= 0.6 is 11.3 Å². The molecule has 0 N–H and O–H groups in total. The molecule has 136 valence electrons. The van der Waals surface area contributed by atoms with E-state index in [-0.39, 0.29) is 17.7 Å². The summed E-state index contributed by atoms with van der Waals surface area (Å²) in [5, 5.41) is 2.00. The van der Waals surface area contributed by atoms with E-state index in [0.29, 0.717) is 19.5 Å². The lowest BCUT2D eigenvalue weighted by Gasteiger charge is -2.36. The maximum atomic E-state index is 12.9. The molecule has 0 spiro atoms. The number of carbonyl (C=O) groups excluding carboxylic acids is 2. The topological polar surface area (TPSA) is 40.6 Å². The second kappa shape index (κ2) is 7.62. The largest absolute Gasteiger partial charge is 0.342 e. The summed E-state index contributed by atoms with van der Waals surface area (Å²) in [7, 11) is 0. The molecule has 0 bridgehead atoms. The summed E-state index contributed by atoms with van der Waals surface area (Å²) in [6.45, 7) is 2.94. The highest BCUT2D eigenvalue weighted by Crippen LogP contribution is 2.25. The van der Waals surface area contributed by atoms with Crippen molar-refractivity contribution in [1.29, 1.82) is 0 Å². The molecule has 2 amide bonds. The van der Waals surface area contributed by atoms with Crippen LogP contribution in [0.2, 0.25) is 0 Å². The van der Waals surface area contributed by atoms with Crippen molar-refractivity contribution in [2.45, 2.75) is 32.2 Å². The van der Waals surface area contributed by atoms with Crippen molar-refractivity contribution in [2.75, 3.05) is 19.6 Å². The Morgan fingerprint density at radius 3 is 2.46 bits per heavy atom. The van der Waals surface area contributed by atoms with E-state index < -0.39 is 0 Å². The predicted octanol–water partition coefficient (Wildman–Crippen LogP) is 3.11. The van der Waals surface area contributed by atoms with Crippen molar-refractivity contribution in [1.82, 2.24) is 9.80 Å². The molecule has 1 aromatic carbocycles. The van der Waals surface area contributed by atoms with Gasteiger partial charge >= 0.3 is 0 Å². The summed E-state index contributed by atoms with van der Waals surface area (Å²) in [4.78, 5) is 30.4. The number of piperidine rings is 1. The van der Waals surface area contributed by atoms with Gasteiger partial charge in [0.05, 0.1) is 6.42 Å². The Hall–Kier alpha value is -2.14. The Bertz CT molecular complexity index is 779. The molecule has 3 heterocycles. The predicted molar refractivity (Wildman–Crippen MR) is 103 cm³/mol. The van der Waals surface area contributed by atoms with E-state index in [1.807, 2.05) is 33.4 Å². The van der Waals surface area contributed by atoms with Crippen molar-refractivity contribution in [3.05, 3.63) is 57.8 Å². The molecule has 0 atom stereocenters. The van der Waals surface area contributed by atoms with Gasteiger partial charge in [-0.3, -0.25) is 9.59 Å². The number of benzene rings is 1. The lowest BCUT2D eigenvalue weighted by atomic mass is 9.93. The number of hydrogen-bond donors (Lipinski definition) is 0. The zero-order chi connectivity index (χ0) is 17.9. The zero-order valence-corrected chi connectivity index (χ0v) is 15.7. The highest BCUT2D eigenvalue weighted by atomic mass is 32.1. The molecule has 5 heteroatoms. The molecule has 1 fully saturated rings. The van der Waals surface area contributed by atoms with Gasteiger partial charge in [0.15, 0.2) is 0 Å². The lowest BCUT2D eigenvalue weighted by molar-refractivity contribution is -0.141. The zero-order valence-electron chi connectivity index (χ0n) is 14.9. The first-order valence-electron chi connectivity index (χ1n) is 9.36. The molecule has 2 aliphatic rings. The van der Waals surface area contributed by atoms with Crippen molar-refractivity contribution in [3.8, 4) is 0 Å². The Labute approximate surface area is 158 Å². The van der Waals surface area contributed by atoms with Crippen molar-refractivity contribution < 1.29 is 9.59 Å². The Balaban J connectivity index is 1.30. The van der Waals surface area contributed by atoms with Crippen LogP contribution in [0.15, 0.2) is 41.8 Å². The molecule has 4 rings (SSSR count). The SMILES string of the molecule is O=C(Cc1cccs1)N1CCC(C(=O)N2CCc3ccccc3C2)CC1. The Kier molecular flexibility index (Phi) is 5.07. The monoisotopic (exact) mass is 368 g/mol. The first kappa shape index (κ1) is 17.3. The average Bonchev–Trinajstić information content (AvgIpc) is 3.20. The van der Waals surface area contributed by atoms with E-state index in [9.17, 15) is 9.59 Å². The molecule has 0 aliphatic carbocycles. The van der Waals surface area contributed by atoms with Gasteiger partial charge in [-0.1, -0.05) is 30.3 Å². The second-order valence-electron chi connectivity index (χ2n) is 7.19. The number of carbonyl (C=O) groups is 2. The van der Waals surface area contributed by atoms with Crippen LogP contribution in [-0.2, 0) is 29.0 Å². The third-order valence-electron chi connectivity index (χ3n) is 5.54. The molecular weight excluding hydrogens is 344 g/mol. The summed E-state index contributed by atoms with van der Waals surface area (Å²) in [6.07, 6.45) is 3.00. The number of thiophene rings is 1. The molecule has 2 aliphatic heterocycles. The average molecular weight is 369 g/mol. The normalized spacial score (nSPS) is 17.8. The van der Waals surface area contributed by atoms with Gasteiger partial charge in [0.25, 0.3) is 0 Å². The number of fused-ring (bicyclic) bond motifs is 1. The first-order valence-corrected chi connectivity index (χ1v) is 10.2. The summed E-state index contributed by atoms with van der Waals surface area (Å²) in [6, 6.07) is 12.4. The van der Waals surface area contributed by atoms with E-state index >= 15 is 0 Å². The molecule has 2 aromatic rings. The molecule has 1 aromatic heterocycles. The third-order valence-corrected chi connectivity index (χ3v) is 6.42. The number of nitrogens with zero attached hydrogens (tertiary/aromatic N) is 2. The minimum atomic E-state index is 0.0612.